The van der Waals surface area contributed by atoms with E-state index in [-0.39, 0.29) is 5.56 Å². The highest BCUT2D eigenvalue weighted by atomic mass is 16.1. The standard InChI is InChI=1S/C22H16N2O/c23-20-17-11-6-10-16-15-9-4-5-12-19(15)24(21(16)17)22(25)18(20)13-14-7-2-1-3-8-14/h1-12H,13,23H2. The van der Waals surface area contributed by atoms with E-state index in [1.807, 2.05) is 65.1 Å². The van der Waals surface area contributed by atoms with E-state index in [9.17, 15) is 4.79 Å². The van der Waals surface area contributed by atoms with Crippen LogP contribution in [0.5, 0.6) is 0 Å². The maximum absolute atomic E-state index is 13.3. The van der Waals surface area contributed by atoms with Gasteiger partial charge in [0.15, 0.2) is 0 Å². The summed E-state index contributed by atoms with van der Waals surface area (Å²) < 4.78 is 1.83. The predicted molar refractivity (Wildman–Crippen MR) is 104 cm³/mol. The molecule has 0 aliphatic rings. The molecule has 0 unspecified atom stereocenters. The van der Waals surface area contributed by atoms with Crippen LogP contribution in [0.1, 0.15) is 11.1 Å². The molecule has 5 aromatic rings. The molecule has 0 bridgehead atoms. The Morgan fingerprint density at radius 1 is 0.760 bits per heavy atom. The smallest absolute Gasteiger partial charge is 0.261 e. The molecular formula is C22H16N2O. The molecule has 3 aromatic carbocycles. The molecule has 3 nitrogen and oxygen atoms in total. The largest absolute Gasteiger partial charge is 0.398 e. The fourth-order valence-corrected chi connectivity index (χ4v) is 3.83. The number of pyridine rings is 1. The zero-order chi connectivity index (χ0) is 17.0. The van der Waals surface area contributed by atoms with Gasteiger partial charge in [0.05, 0.1) is 16.7 Å². The Labute approximate surface area is 144 Å². The van der Waals surface area contributed by atoms with Crippen molar-refractivity contribution in [3.8, 4) is 0 Å². The maximum Gasteiger partial charge on any atom is 0.261 e. The van der Waals surface area contributed by atoms with Crippen LogP contribution in [-0.4, -0.2) is 4.40 Å². The van der Waals surface area contributed by atoms with Crippen molar-refractivity contribution in [1.82, 2.24) is 4.40 Å². The first-order valence-corrected chi connectivity index (χ1v) is 8.35. The van der Waals surface area contributed by atoms with Crippen LogP contribution in [0.4, 0.5) is 5.69 Å². The summed E-state index contributed by atoms with van der Waals surface area (Å²) in [7, 11) is 0. The van der Waals surface area contributed by atoms with Crippen LogP contribution >= 0.6 is 0 Å². The van der Waals surface area contributed by atoms with Gasteiger partial charge in [0, 0.05) is 28.1 Å². The number of benzene rings is 3. The van der Waals surface area contributed by atoms with Crippen LogP contribution in [-0.2, 0) is 6.42 Å². The Morgan fingerprint density at radius 3 is 2.28 bits per heavy atom. The van der Waals surface area contributed by atoms with Gasteiger partial charge in [-0.25, -0.2) is 0 Å². The minimum absolute atomic E-state index is 0.0220. The lowest BCUT2D eigenvalue weighted by molar-refractivity contribution is 1.08. The van der Waals surface area contributed by atoms with E-state index in [1.54, 1.807) is 0 Å². The van der Waals surface area contributed by atoms with Crippen LogP contribution in [0.25, 0.3) is 27.2 Å². The summed E-state index contributed by atoms with van der Waals surface area (Å²) in [5.41, 5.74) is 10.6. The first-order chi connectivity index (χ1) is 12.3. The summed E-state index contributed by atoms with van der Waals surface area (Å²) >= 11 is 0. The number of fused-ring (bicyclic) bond motifs is 3. The Morgan fingerprint density at radius 2 is 1.44 bits per heavy atom. The van der Waals surface area contributed by atoms with Gasteiger partial charge in [-0.05, 0) is 11.6 Å². The van der Waals surface area contributed by atoms with Gasteiger partial charge in [0.25, 0.3) is 5.56 Å². The van der Waals surface area contributed by atoms with Crippen LogP contribution in [0, 0.1) is 0 Å². The average Bonchev–Trinajstić information content (AvgIpc) is 3.00. The minimum atomic E-state index is -0.0220. The van der Waals surface area contributed by atoms with Crippen molar-refractivity contribution in [2.75, 3.05) is 5.73 Å². The molecular weight excluding hydrogens is 308 g/mol. The molecule has 0 aliphatic heterocycles. The number of aromatic nitrogens is 1. The van der Waals surface area contributed by atoms with E-state index in [2.05, 4.69) is 12.1 Å². The lowest BCUT2D eigenvalue weighted by Gasteiger charge is -2.10. The van der Waals surface area contributed by atoms with E-state index in [4.69, 9.17) is 5.73 Å². The Balaban J connectivity index is 1.95. The second kappa shape index (κ2) is 5.08. The summed E-state index contributed by atoms with van der Waals surface area (Å²) in [4.78, 5) is 13.3. The van der Waals surface area contributed by atoms with Crippen molar-refractivity contribution >= 4 is 32.9 Å². The molecule has 0 aliphatic carbocycles. The molecule has 5 rings (SSSR count). The van der Waals surface area contributed by atoms with Crippen molar-refractivity contribution < 1.29 is 0 Å². The van der Waals surface area contributed by atoms with Gasteiger partial charge >= 0.3 is 0 Å². The van der Waals surface area contributed by atoms with Crippen molar-refractivity contribution in [2.45, 2.75) is 6.42 Å². The van der Waals surface area contributed by atoms with Gasteiger partial charge in [-0.15, -0.1) is 0 Å². The van der Waals surface area contributed by atoms with E-state index in [0.29, 0.717) is 17.7 Å². The molecule has 0 radical (unpaired) electrons. The van der Waals surface area contributed by atoms with Gasteiger partial charge in [0.1, 0.15) is 0 Å². The van der Waals surface area contributed by atoms with E-state index >= 15 is 0 Å². The van der Waals surface area contributed by atoms with Crippen molar-refractivity contribution in [3.05, 3.63) is 94.3 Å². The molecule has 25 heavy (non-hydrogen) atoms. The van der Waals surface area contributed by atoms with Gasteiger partial charge in [0.2, 0.25) is 0 Å². The van der Waals surface area contributed by atoms with Crippen molar-refractivity contribution in [1.29, 1.82) is 0 Å². The maximum atomic E-state index is 13.3. The van der Waals surface area contributed by atoms with E-state index < -0.39 is 0 Å². The quantitative estimate of drug-likeness (QED) is 0.528. The summed E-state index contributed by atoms with van der Waals surface area (Å²) in [6.07, 6.45) is 0.536. The molecule has 2 heterocycles. The summed E-state index contributed by atoms with van der Waals surface area (Å²) in [5, 5.41) is 3.10. The van der Waals surface area contributed by atoms with Gasteiger partial charge in [-0.2, -0.15) is 0 Å². The number of nitrogens with zero attached hydrogens (tertiary/aromatic N) is 1. The van der Waals surface area contributed by atoms with Crippen molar-refractivity contribution in [3.63, 3.8) is 0 Å². The zero-order valence-electron chi connectivity index (χ0n) is 13.6. The lowest BCUT2D eigenvalue weighted by atomic mass is 10.0. The van der Waals surface area contributed by atoms with Crippen LogP contribution in [0.3, 0.4) is 0 Å². The third-order valence-electron chi connectivity index (χ3n) is 5.00. The summed E-state index contributed by atoms with van der Waals surface area (Å²) in [6.45, 7) is 0. The summed E-state index contributed by atoms with van der Waals surface area (Å²) in [5.74, 6) is 0. The van der Waals surface area contributed by atoms with Gasteiger partial charge in [-0.3, -0.25) is 9.20 Å². The van der Waals surface area contributed by atoms with Crippen LogP contribution < -0.4 is 11.3 Å². The van der Waals surface area contributed by atoms with E-state index in [1.165, 1.54) is 0 Å². The first-order valence-electron chi connectivity index (χ1n) is 8.35. The Bertz CT molecular complexity index is 1290. The Kier molecular flexibility index (Phi) is 2.86. The third kappa shape index (κ3) is 1.89. The monoisotopic (exact) mass is 324 g/mol. The number of nitrogens with two attached hydrogens (primary N) is 1. The fourth-order valence-electron chi connectivity index (χ4n) is 3.83. The molecule has 0 atom stereocenters. The van der Waals surface area contributed by atoms with Gasteiger partial charge in [-0.1, -0.05) is 66.7 Å². The fraction of sp³-hybridized carbons (Fsp3) is 0.0455. The molecule has 0 fully saturated rings. The normalized spacial score (nSPS) is 11.7. The highest BCUT2D eigenvalue weighted by Gasteiger charge is 2.19. The molecule has 2 N–H and O–H groups in total. The third-order valence-corrected chi connectivity index (χ3v) is 5.00. The SMILES string of the molecule is Nc1c(Cc2ccccc2)c(=O)n2c3ccccc3c3cccc1c32. The van der Waals surface area contributed by atoms with Crippen molar-refractivity contribution in [2.24, 2.45) is 0 Å². The van der Waals surface area contributed by atoms with Crippen LogP contribution in [0.2, 0.25) is 0 Å². The topological polar surface area (TPSA) is 47.5 Å². The molecule has 0 saturated heterocycles. The van der Waals surface area contributed by atoms with Gasteiger partial charge < -0.3 is 5.73 Å². The number of para-hydroxylation sites is 2. The Hall–Kier alpha value is -3.33. The summed E-state index contributed by atoms with van der Waals surface area (Å²) in [6, 6.07) is 24.1. The minimum Gasteiger partial charge on any atom is -0.398 e. The van der Waals surface area contributed by atoms with Crippen LogP contribution in [0.15, 0.2) is 77.6 Å². The highest BCUT2D eigenvalue weighted by Crippen LogP contribution is 2.34. The first kappa shape index (κ1) is 14.1. The zero-order valence-corrected chi connectivity index (χ0v) is 13.6. The molecule has 0 amide bonds. The number of anilines is 1. The molecule has 3 heteroatoms. The predicted octanol–water partition coefficient (Wildman–Crippen LogP) is 4.22. The molecule has 0 spiro atoms. The average molecular weight is 324 g/mol. The number of hydrogen-bond donors (Lipinski definition) is 1. The van der Waals surface area contributed by atoms with E-state index in [0.717, 1.165) is 32.8 Å². The number of hydrogen-bond acceptors (Lipinski definition) is 2. The second-order valence-electron chi connectivity index (χ2n) is 6.41. The number of nitrogen functional groups attached to an aromatic ring is 1. The number of rotatable bonds is 2. The molecule has 2 aromatic heterocycles. The lowest BCUT2D eigenvalue weighted by Crippen LogP contribution is -2.20. The second-order valence-corrected chi connectivity index (χ2v) is 6.41. The molecule has 0 saturated carbocycles. The highest BCUT2D eigenvalue weighted by molar-refractivity contribution is 6.16. The molecule has 120 valence electrons.